The Bertz CT molecular complexity index is 815. The van der Waals surface area contributed by atoms with Crippen molar-refractivity contribution in [1.29, 1.82) is 0 Å². The number of ether oxygens (including phenoxy) is 1. The highest BCUT2D eigenvalue weighted by Gasteiger charge is 2.14. The average molecular weight is 441 g/mol. The van der Waals surface area contributed by atoms with Crippen LogP contribution in [-0.4, -0.2) is 49.4 Å². The molecular formula is C22H32O7S. The van der Waals surface area contributed by atoms with Crippen LogP contribution in [0.4, 0.5) is 0 Å². The van der Waals surface area contributed by atoms with Crippen LogP contribution in [0.2, 0.25) is 0 Å². The van der Waals surface area contributed by atoms with Crippen LogP contribution in [0.25, 0.3) is 0 Å². The second-order valence-electron chi connectivity index (χ2n) is 7.44. The number of hydrogen-bond acceptors (Lipinski definition) is 6. The zero-order valence-electron chi connectivity index (χ0n) is 17.6. The first-order chi connectivity index (χ1) is 14.1. The summed E-state index contributed by atoms with van der Waals surface area (Å²) in [5.74, 6) is -0.462. The van der Waals surface area contributed by atoms with Gasteiger partial charge in [0.15, 0.2) is 9.84 Å². The van der Waals surface area contributed by atoms with E-state index in [0.29, 0.717) is 44.3 Å². The van der Waals surface area contributed by atoms with Gasteiger partial charge in [-0.1, -0.05) is 24.6 Å². The lowest BCUT2D eigenvalue weighted by atomic mass is 9.93. The summed E-state index contributed by atoms with van der Waals surface area (Å²) in [6.45, 7) is 1.60. The minimum absolute atomic E-state index is 0.0431. The van der Waals surface area contributed by atoms with Crippen molar-refractivity contribution in [3.8, 4) is 5.75 Å². The Morgan fingerprint density at radius 3 is 2.53 bits per heavy atom. The Morgan fingerprint density at radius 2 is 1.90 bits per heavy atom. The molecule has 0 heterocycles. The number of carbonyl (C=O) groups excluding carboxylic acids is 1. The van der Waals surface area contributed by atoms with Gasteiger partial charge in [-0.2, -0.15) is 0 Å². The van der Waals surface area contributed by atoms with Gasteiger partial charge in [0, 0.05) is 18.6 Å². The van der Waals surface area contributed by atoms with E-state index in [1.54, 1.807) is 19.1 Å². The van der Waals surface area contributed by atoms with Crippen molar-refractivity contribution in [3.63, 3.8) is 0 Å². The third-order valence-corrected chi connectivity index (χ3v) is 5.80. The van der Waals surface area contributed by atoms with Crippen LogP contribution in [0.15, 0.2) is 41.3 Å². The molecule has 7 nitrogen and oxygen atoms in total. The van der Waals surface area contributed by atoms with E-state index < -0.39 is 21.9 Å². The van der Waals surface area contributed by atoms with Crippen LogP contribution in [-0.2, 0) is 19.4 Å². The van der Waals surface area contributed by atoms with Gasteiger partial charge in [-0.05, 0) is 57.2 Å². The van der Waals surface area contributed by atoms with Crippen molar-refractivity contribution < 1.29 is 33.0 Å². The lowest BCUT2D eigenvalue weighted by molar-refractivity contribution is -0.137. The first-order valence-electron chi connectivity index (χ1n) is 10.1. The van der Waals surface area contributed by atoms with Gasteiger partial charge in [0.2, 0.25) is 0 Å². The number of hydrogen-bond donors (Lipinski definition) is 2. The summed E-state index contributed by atoms with van der Waals surface area (Å²) >= 11 is 0. The van der Waals surface area contributed by atoms with Crippen molar-refractivity contribution in [2.75, 3.05) is 12.9 Å². The summed E-state index contributed by atoms with van der Waals surface area (Å²) in [6, 6.07) is 6.14. The Balaban J connectivity index is 2.35. The number of unbranched alkanes of at least 4 members (excludes halogenated alkanes) is 1. The highest BCUT2D eigenvalue weighted by atomic mass is 32.2. The van der Waals surface area contributed by atoms with Crippen molar-refractivity contribution in [3.05, 3.63) is 36.4 Å². The number of benzene rings is 1. The predicted octanol–water partition coefficient (Wildman–Crippen LogP) is 3.41. The monoisotopic (exact) mass is 440 g/mol. The van der Waals surface area contributed by atoms with Crippen LogP contribution < -0.4 is 4.74 Å². The summed E-state index contributed by atoms with van der Waals surface area (Å²) in [5.41, 5.74) is 0. The SMILES string of the molecule is CC(=O)C(C/C=C\CCCC(=O)O)CCCC(O)COc1cccc(S(C)(=O)=O)c1. The molecule has 0 aliphatic heterocycles. The van der Waals surface area contributed by atoms with E-state index in [1.165, 1.54) is 12.1 Å². The largest absolute Gasteiger partial charge is 0.491 e. The van der Waals surface area contributed by atoms with Crippen molar-refractivity contribution in [1.82, 2.24) is 0 Å². The quantitative estimate of drug-likeness (QED) is 0.317. The fourth-order valence-electron chi connectivity index (χ4n) is 2.91. The molecule has 0 bridgehead atoms. The van der Waals surface area contributed by atoms with Gasteiger partial charge in [0.25, 0.3) is 0 Å². The van der Waals surface area contributed by atoms with Crippen LogP contribution in [0.3, 0.4) is 0 Å². The molecule has 0 aromatic heterocycles. The molecular weight excluding hydrogens is 408 g/mol. The predicted molar refractivity (Wildman–Crippen MR) is 114 cm³/mol. The highest BCUT2D eigenvalue weighted by molar-refractivity contribution is 7.90. The summed E-state index contributed by atoms with van der Waals surface area (Å²) < 4.78 is 28.6. The van der Waals surface area contributed by atoms with Crippen LogP contribution >= 0.6 is 0 Å². The zero-order chi connectivity index (χ0) is 22.6. The second kappa shape index (κ2) is 13.2. The molecule has 2 atom stereocenters. The number of ketones is 1. The molecule has 1 aromatic carbocycles. The van der Waals surface area contributed by atoms with E-state index in [-0.39, 0.29) is 29.6 Å². The number of allylic oxidation sites excluding steroid dienone is 2. The maximum Gasteiger partial charge on any atom is 0.303 e. The van der Waals surface area contributed by atoms with Crippen LogP contribution in [0.5, 0.6) is 5.75 Å². The lowest BCUT2D eigenvalue weighted by Crippen LogP contribution is -2.18. The van der Waals surface area contributed by atoms with Crippen molar-refractivity contribution in [2.24, 2.45) is 5.92 Å². The number of carbonyl (C=O) groups is 2. The van der Waals surface area contributed by atoms with E-state index in [2.05, 4.69) is 0 Å². The fraction of sp³-hybridized carbons (Fsp3) is 0.545. The summed E-state index contributed by atoms with van der Waals surface area (Å²) in [7, 11) is -3.32. The van der Waals surface area contributed by atoms with Gasteiger partial charge < -0.3 is 14.9 Å². The van der Waals surface area contributed by atoms with Gasteiger partial charge in [-0.25, -0.2) is 8.42 Å². The van der Waals surface area contributed by atoms with E-state index in [0.717, 1.165) is 6.26 Å². The second-order valence-corrected chi connectivity index (χ2v) is 9.46. The number of rotatable bonds is 15. The summed E-state index contributed by atoms with van der Waals surface area (Å²) in [5, 5.41) is 18.7. The number of sulfone groups is 1. The number of carboxylic acid groups (broad SMARTS) is 1. The normalized spacial score (nSPS) is 13.8. The molecule has 8 heteroatoms. The number of aliphatic hydroxyl groups excluding tert-OH is 1. The minimum atomic E-state index is -3.32. The van der Waals surface area contributed by atoms with Gasteiger partial charge in [-0.15, -0.1) is 0 Å². The van der Waals surface area contributed by atoms with E-state index in [1.807, 2.05) is 12.2 Å². The van der Waals surface area contributed by atoms with E-state index in [9.17, 15) is 23.1 Å². The van der Waals surface area contributed by atoms with Crippen LogP contribution in [0.1, 0.15) is 51.9 Å². The molecule has 0 radical (unpaired) electrons. The fourth-order valence-corrected chi connectivity index (χ4v) is 3.56. The average Bonchev–Trinajstić information content (AvgIpc) is 2.66. The number of carboxylic acids is 1. The number of aliphatic hydroxyl groups is 1. The maximum atomic E-state index is 11.8. The number of Topliss-reactive ketones (excluding diaryl/α,β-unsaturated/α-hetero) is 1. The first-order valence-corrected chi connectivity index (χ1v) is 12.0. The zero-order valence-corrected chi connectivity index (χ0v) is 18.4. The summed E-state index contributed by atoms with van der Waals surface area (Å²) in [4.78, 5) is 22.4. The van der Waals surface area contributed by atoms with Crippen molar-refractivity contribution >= 4 is 21.6 Å². The van der Waals surface area contributed by atoms with Crippen molar-refractivity contribution in [2.45, 2.75) is 62.9 Å². The summed E-state index contributed by atoms with van der Waals surface area (Å²) in [6.07, 6.45) is 8.01. The molecule has 0 spiro atoms. The van der Waals surface area contributed by atoms with Gasteiger partial charge >= 0.3 is 5.97 Å². The van der Waals surface area contributed by atoms with E-state index >= 15 is 0 Å². The lowest BCUT2D eigenvalue weighted by Gasteiger charge is -2.15. The third kappa shape index (κ3) is 11.1. The Hall–Kier alpha value is -2.19. The Kier molecular flexibility index (Phi) is 11.4. The van der Waals surface area contributed by atoms with Gasteiger partial charge in [0.05, 0.1) is 11.0 Å². The standard InChI is InChI=1S/C22H32O7S/c1-17(23)18(9-5-3-4-6-14-22(25)26)10-7-11-19(24)16-29-20-12-8-13-21(15-20)30(2,27)28/h3,5,8,12-13,15,18-19,24H,4,6-7,9-11,14,16H2,1-2H3,(H,25,26)/b5-3-. The topological polar surface area (TPSA) is 118 Å². The third-order valence-electron chi connectivity index (χ3n) is 4.69. The molecule has 30 heavy (non-hydrogen) atoms. The Morgan fingerprint density at radius 1 is 1.17 bits per heavy atom. The molecule has 0 aliphatic carbocycles. The maximum absolute atomic E-state index is 11.8. The number of aliphatic carboxylic acids is 1. The molecule has 1 aromatic rings. The highest BCUT2D eigenvalue weighted by Crippen LogP contribution is 2.19. The molecule has 0 aliphatic rings. The molecule has 0 fully saturated rings. The molecule has 0 saturated heterocycles. The smallest absolute Gasteiger partial charge is 0.303 e. The minimum Gasteiger partial charge on any atom is -0.491 e. The molecule has 0 saturated carbocycles. The molecule has 168 valence electrons. The first kappa shape index (κ1) is 25.8. The van der Waals surface area contributed by atoms with Gasteiger partial charge in [0.1, 0.15) is 18.1 Å². The van der Waals surface area contributed by atoms with E-state index in [4.69, 9.17) is 9.84 Å². The van der Waals surface area contributed by atoms with Gasteiger partial charge in [-0.3, -0.25) is 9.59 Å². The molecule has 0 amide bonds. The molecule has 2 unspecified atom stereocenters. The van der Waals surface area contributed by atoms with Crippen LogP contribution in [0, 0.1) is 5.92 Å². The molecule has 2 N–H and O–H groups in total. The Labute approximate surface area is 178 Å². The molecule has 1 rings (SSSR count).